The van der Waals surface area contributed by atoms with Crippen LogP contribution in [-0.4, -0.2) is 36.6 Å². The number of ketones is 1. The number of aliphatic hydroxyl groups excluding tert-OH is 1. The van der Waals surface area contributed by atoms with Gasteiger partial charge in [-0.15, -0.1) is 0 Å². The maximum atomic E-state index is 10.7. The molecule has 0 atom stereocenters. The van der Waals surface area contributed by atoms with Crippen LogP contribution in [-0.2, 0) is 4.79 Å². The van der Waals surface area contributed by atoms with Gasteiger partial charge in [-0.3, -0.25) is 4.79 Å². The first-order valence-corrected chi connectivity index (χ1v) is 3.79. The van der Waals surface area contributed by atoms with Gasteiger partial charge in [0.2, 0.25) is 0 Å². The molecule has 0 saturated carbocycles. The van der Waals surface area contributed by atoms with Crippen LogP contribution in [0.2, 0.25) is 0 Å². The van der Waals surface area contributed by atoms with Crippen LogP contribution in [0.1, 0.15) is 13.3 Å². The second-order valence-electron chi connectivity index (χ2n) is 2.36. The highest BCUT2D eigenvalue weighted by molar-refractivity contribution is 5.77. The Hall–Kier alpha value is -1.10. The Labute approximate surface area is 71.1 Å². The molecule has 0 bridgehead atoms. The Morgan fingerprint density at radius 1 is 1.25 bits per heavy atom. The zero-order valence-electron chi connectivity index (χ0n) is 7.09. The fourth-order valence-electron chi connectivity index (χ4n) is 0.584. The summed E-state index contributed by atoms with van der Waals surface area (Å²) in [6.45, 7) is 1.95. The smallest absolute Gasteiger partial charge is 0.314 e. The summed E-state index contributed by atoms with van der Waals surface area (Å²) in [5.41, 5.74) is 0. The van der Waals surface area contributed by atoms with Crippen molar-refractivity contribution in [2.45, 2.75) is 13.3 Å². The molecular formula is C7H14N2O3. The predicted molar refractivity (Wildman–Crippen MR) is 43.8 cm³/mol. The van der Waals surface area contributed by atoms with Crippen molar-refractivity contribution in [1.29, 1.82) is 0 Å². The van der Waals surface area contributed by atoms with Gasteiger partial charge in [0.25, 0.3) is 0 Å². The van der Waals surface area contributed by atoms with Gasteiger partial charge in [-0.2, -0.15) is 0 Å². The highest BCUT2D eigenvalue weighted by Crippen LogP contribution is 1.77. The van der Waals surface area contributed by atoms with Crippen LogP contribution < -0.4 is 10.6 Å². The maximum absolute atomic E-state index is 10.7. The van der Waals surface area contributed by atoms with Crippen molar-refractivity contribution in [3.8, 4) is 0 Å². The van der Waals surface area contributed by atoms with Crippen molar-refractivity contribution in [3.05, 3.63) is 0 Å². The number of amides is 2. The van der Waals surface area contributed by atoms with Gasteiger partial charge in [0, 0.05) is 19.5 Å². The lowest BCUT2D eigenvalue weighted by molar-refractivity contribution is -0.116. The highest BCUT2D eigenvalue weighted by atomic mass is 16.3. The molecule has 0 aliphatic heterocycles. The van der Waals surface area contributed by atoms with Crippen LogP contribution in [0.5, 0.6) is 0 Å². The minimum Gasteiger partial charge on any atom is -0.395 e. The first-order valence-electron chi connectivity index (χ1n) is 3.79. The Morgan fingerprint density at radius 3 is 2.33 bits per heavy atom. The molecule has 0 unspecified atom stereocenters. The minimum absolute atomic E-state index is 0.0393. The van der Waals surface area contributed by atoms with E-state index >= 15 is 0 Å². The van der Waals surface area contributed by atoms with Crippen molar-refractivity contribution >= 4 is 11.8 Å². The lowest BCUT2D eigenvalue weighted by Crippen LogP contribution is -2.37. The average Bonchev–Trinajstić information content (AvgIpc) is 2.00. The van der Waals surface area contributed by atoms with E-state index in [1.165, 1.54) is 6.92 Å². The Morgan fingerprint density at radius 2 is 1.83 bits per heavy atom. The Balaban J connectivity index is 3.25. The van der Waals surface area contributed by atoms with Crippen molar-refractivity contribution < 1.29 is 14.7 Å². The predicted octanol–water partition coefficient (Wildman–Crippen LogP) is -0.743. The van der Waals surface area contributed by atoms with Crippen LogP contribution in [0.3, 0.4) is 0 Å². The quantitative estimate of drug-likeness (QED) is 0.513. The first kappa shape index (κ1) is 10.9. The molecule has 3 N–H and O–H groups in total. The van der Waals surface area contributed by atoms with Gasteiger partial charge in [0.15, 0.2) is 0 Å². The van der Waals surface area contributed by atoms with Gasteiger partial charge >= 0.3 is 6.03 Å². The fraction of sp³-hybridized carbons (Fsp3) is 0.714. The number of hydrogen-bond donors (Lipinski definition) is 3. The number of rotatable bonds is 5. The fourth-order valence-corrected chi connectivity index (χ4v) is 0.584. The summed E-state index contributed by atoms with van der Waals surface area (Å²) in [5, 5.41) is 13.2. The first-order chi connectivity index (χ1) is 5.66. The molecule has 0 spiro atoms. The molecule has 0 saturated heterocycles. The van der Waals surface area contributed by atoms with Gasteiger partial charge in [-0.05, 0) is 6.92 Å². The number of urea groups is 1. The molecule has 0 aromatic carbocycles. The molecule has 70 valence electrons. The summed E-state index contributed by atoms with van der Waals surface area (Å²) in [6, 6.07) is -0.356. The van der Waals surface area contributed by atoms with E-state index < -0.39 is 0 Å². The zero-order chi connectivity index (χ0) is 9.40. The van der Waals surface area contributed by atoms with Crippen molar-refractivity contribution in [2.24, 2.45) is 0 Å². The summed E-state index contributed by atoms with van der Waals surface area (Å²) >= 11 is 0. The number of carbonyl (C=O) groups excluding carboxylic acids is 2. The molecule has 0 fully saturated rings. The van der Waals surface area contributed by atoms with Gasteiger partial charge in [-0.1, -0.05) is 0 Å². The molecule has 0 heterocycles. The number of nitrogens with one attached hydrogen (secondary N) is 2. The summed E-state index contributed by atoms with van der Waals surface area (Å²) in [7, 11) is 0. The molecule has 0 aromatic heterocycles. The van der Waals surface area contributed by atoms with Crippen LogP contribution in [0.4, 0.5) is 4.79 Å². The van der Waals surface area contributed by atoms with E-state index in [2.05, 4.69) is 10.6 Å². The maximum Gasteiger partial charge on any atom is 0.314 e. The molecule has 0 radical (unpaired) electrons. The van der Waals surface area contributed by atoms with Gasteiger partial charge in [0.05, 0.1) is 6.61 Å². The Bertz CT molecular complexity index is 159. The summed E-state index contributed by atoms with van der Waals surface area (Å²) in [4.78, 5) is 21.2. The molecular weight excluding hydrogens is 160 g/mol. The summed E-state index contributed by atoms with van der Waals surface area (Å²) < 4.78 is 0. The van der Waals surface area contributed by atoms with Crippen molar-refractivity contribution in [1.82, 2.24) is 10.6 Å². The number of Topliss-reactive ketones (excluding diaryl/α,β-unsaturated/α-hetero) is 1. The molecule has 12 heavy (non-hydrogen) atoms. The van der Waals surface area contributed by atoms with E-state index in [-0.39, 0.29) is 25.0 Å². The van der Waals surface area contributed by atoms with E-state index in [0.29, 0.717) is 13.0 Å². The zero-order valence-corrected chi connectivity index (χ0v) is 7.09. The lowest BCUT2D eigenvalue weighted by atomic mass is 10.3. The molecule has 2 amide bonds. The van der Waals surface area contributed by atoms with E-state index in [4.69, 9.17) is 5.11 Å². The monoisotopic (exact) mass is 174 g/mol. The normalized spacial score (nSPS) is 9.17. The van der Waals surface area contributed by atoms with E-state index in [0.717, 1.165) is 0 Å². The molecule has 0 aliphatic carbocycles. The van der Waals surface area contributed by atoms with E-state index in [1.54, 1.807) is 0 Å². The molecule has 0 aromatic rings. The van der Waals surface area contributed by atoms with Crippen LogP contribution in [0, 0.1) is 0 Å². The van der Waals surface area contributed by atoms with Crippen molar-refractivity contribution in [3.63, 3.8) is 0 Å². The Kier molecular flexibility index (Phi) is 6.00. The van der Waals surface area contributed by atoms with E-state index in [1.807, 2.05) is 0 Å². The van der Waals surface area contributed by atoms with Crippen LogP contribution >= 0.6 is 0 Å². The second kappa shape index (κ2) is 6.60. The minimum atomic E-state index is -0.356. The number of hydrogen-bond acceptors (Lipinski definition) is 3. The summed E-state index contributed by atoms with van der Waals surface area (Å²) in [5.74, 6) is 0.0393. The third-order valence-corrected chi connectivity index (χ3v) is 1.16. The van der Waals surface area contributed by atoms with Gasteiger partial charge in [0.1, 0.15) is 5.78 Å². The lowest BCUT2D eigenvalue weighted by Gasteiger charge is -2.04. The largest absolute Gasteiger partial charge is 0.395 e. The standard InChI is InChI=1S/C7H14N2O3/c1-6(11)2-3-8-7(12)9-4-5-10/h10H,2-5H2,1H3,(H2,8,9,12). The van der Waals surface area contributed by atoms with Gasteiger partial charge < -0.3 is 15.7 Å². The molecule has 5 nitrogen and oxygen atoms in total. The topological polar surface area (TPSA) is 78.4 Å². The second-order valence-corrected chi connectivity index (χ2v) is 2.36. The summed E-state index contributed by atoms with van der Waals surface area (Å²) in [6.07, 6.45) is 0.340. The average molecular weight is 174 g/mol. The highest BCUT2D eigenvalue weighted by Gasteiger charge is 1.98. The van der Waals surface area contributed by atoms with Crippen LogP contribution in [0.15, 0.2) is 0 Å². The van der Waals surface area contributed by atoms with Crippen LogP contribution in [0.25, 0.3) is 0 Å². The SMILES string of the molecule is CC(=O)CCNC(=O)NCCO. The third-order valence-electron chi connectivity index (χ3n) is 1.16. The number of aliphatic hydroxyl groups is 1. The van der Waals surface area contributed by atoms with E-state index in [9.17, 15) is 9.59 Å². The molecule has 0 rings (SSSR count). The van der Waals surface area contributed by atoms with Gasteiger partial charge in [-0.25, -0.2) is 4.79 Å². The third kappa shape index (κ3) is 7.01. The molecule has 0 aliphatic rings. The van der Waals surface area contributed by atoms with Crippen molar-refractivity contribution in [2.75, 3.05) is 19.7 Å². The molecule has 5 heteroatoms. The number of carbonyl (C=O) groups is 2.